The molecule has 10 heteroatoms. The normalized spacial score (nSPS) is 16.0. The van der Waals surface area contributed by atoms with Gasteiger partial charge in [0.05, 0.1) is 17.2 Å². The van der Waals surface area contributed by atoms with E-state index in [0.717, 1.165) is 0 Å². The van der Waals surface area contributed by atoms with Gasteiger partial charge in [-0.1, -0.05) is 11.6 Å². The summed E-state index contributed by atoms with van der Waals surface area (Å²) in [5.74, 6) is 1.46. The third-order valence-electron chi connectivity index (χ3n) is 5.99. The Morgan fingerprint density at radius 1 is 1.09 bits per heavy atom. The molecule has 1 aliphatic heterocycles. The van der Waals surface area contributed by atoms with Gasteiger partial charge in [0, 0.05) is 24.3 Å². The van der Waals surface area contributed by atoms with Crippen LogP contribution in [0.1, 0.15) is 18.9 Å². The molecule has 1 aliphatic rings. The Morgan fingerprint density at radius 3 is 2.44 bits per heavy atom. The van der Waals surface area contributed by atoms with Crippen molar-refractivity contribution < 1.29 is 14.6 Å². The van der Waals surface area contributed by atoms with Crippen molar-refractivity contribution in [2.45, 2.75) is 18.9 Å². The Balaban J connectivity index is 1.55. The van der Waals surface area contributed by atoms with E-state index in [1.807, 2.05) is 0 Å². The summed E-state index contributed by atoms with van der Waals surface area (Å²) in [6, 6.07) is 15.5. The molecule has 1 amide bonds. The van der Waals surface area contributed by atoms with Gasteiger partial charge in [0.1, 0.15) is 22.8 Å². The van der Waals surface area contributed by atoms with Crippen LogP contribution in [0.25, 0.3) is 16.7 Å². The van der Waals surface area contributed by atoms with E-state index in [9.17, 15) is 14.7 Å². The zero-order valence-electron chi connectivity index (χ0n) is 18.1. The number of nitrogens with two attached hydrogens (primary N) is 1. The Hall–Kier alpha value is -3.98. The zero-order valence-corrected chi connectivity index (χ0v) is 18.9. The highest BCUT2D eigenvalue weighted by atomic mass is 35.5. The second kappa shape index (κ2) is 8.75. The third kappa shape index (κ3) is 3.94. The summed E-state index contributed by atoms with van der Waals surface area (Å²) in [5.41, 5.74) is 7.62. The lowest BCUT2D eigenvalue weighted by Crippen LogP contribution is -2.42. The van der Waals surface area contributed by atoms with Crippen molar-refractivity contribution in [2.75, 3.05) is 18.8 Å². The van der Waals surface area contributed by atoms with Crippen LogP contribution < -0.4 is 16.2 Å². The fraction of sp³-hybridized carbons (Fsp3) is 0.208. The molecule has 3 heterocycles. The number of ether oxygens (including phenoxy) is 1. The number of fused-ring (bicyclic) bond motifs is 1. The van der Waals surface area contributed by atoms with E-state index >= 15 is 0 Å². The van der Waals surface area contributed by atoms with Crippen molar-refractivity contribution in [3.8, 4) is 17.2 Å². The van der Waals surface area contributed by atoms with Crippen molar-refractivity contribution in [1.29, 1.82) is 0 Å². The number of nitrogens with zero attached hydrogens (tertiary/aromatic N) is 4. The number of pyridine rings is 1. The number of hydrogen-bond donors (Lipinski definition) is 2. The monoisotopic (exact) mass is 479 g/mol. The molecule has 2 aromatic carbocycles. The lowest BCUT2D eigenvalue weighted by atomic mass is 10.1. The molecule has 0 bridgehead atoms. The van der Waals surface area contributed by atoms with Gasteiger partial charge < -0.3 is 20.5 Å². The molecule has 1 saturated heterocycles. The summed E-state index contributed by atoms with van der Waals surface area (Å²) in [5, 5.41) is 10.1. The number of carbonyl (C=O) groups is 1. The number of anilines is 1. The average Bonchev–Trinajstić information content (AvgIpc) is 3.14. The van der Waals surface area contributed by atoms with E-state index < -0.39 is 6.09 Å². The second-order valence-corrected chi connectivity index (χ2v) is 8.56. The van der Waals surface area contributed by atoms with Gasteiger partial charge in [0.25, 0.3) is 0 Å². The number of hydrogen-bond acceptors (Lipinski definition) is 5. The number of halogens is 1. The molecule has 5 rings (SSSR count). The Morgan fingerprint density at radius 2 is 1.76 bits per heavy atom. The van der Waals surface area contributed by atoms with Gasteiger partial charge in [-0.3, -0.25) is 9.13 Å². The van der Waals surface area contributed by atoms with E-state index in [1.54, 1.807) is 65.4 Å². The Kier molecular flexibility index (Phi) is 5.62. The van der Waals surface area contributed by atoms with Crippen LogP contribution in [0, 0.1) is 0 Å². The fourth-order valence-corrected chi connectivity index (χ4v) is 4.55. The highest BCUT2D eigenvalue weighted by molar-refractivity contribution is 6.30. The van der Waals surface area contributed by atoms with Crippen LogP contribution >= 0.6 is 11.6 Å². The molecule has 1 fully saturated rings. The molecule has 4 aromatic rings. The quantitative estimate of drug-likeness (QED) is 0.444. The van der Waals surface area contributed by atoms with Crippen molar-refractivity contribution >= 4 is 34.5 Å². The van der Waals surface area contributed by atoms with Gasteiger partial charge in [-0.05, 0) is 67.4 Å². The number of carboxylic acid groups (broad SMARTS) is 1. The van der Waals surface area contributed by atoms with Crippen molar-refractivity contribution in [3.05, 3.63) is 76.3 Å². The van der Waals surface area contributed by atoms with Gasteiger partial charge in [-0.15, -0.1) is 0 Å². The molecule has 2 aromatic heterocycles. The molecular weight excluding hydrogens is 458 g/mol. The summed E-state index contributed by atoms with van der Waals surface area (Å²) >= 11 is 5.92. The minimum atomic E-state index is -0.987. The van der Waals surface area contributed by atoms with E-state index in [2.05, 4.69) is 4.98 Å². The van der Waals surface area contributed by atoms with Crippen LogP contribution in [0.5, 0.6) is 11.5 Å². The molecule has 0 aliphatic carbocycles. The van der Waals surface area contributed by atoms with Gasteiger partial charge >= 0.3 is 11.8 Å². The lowest BCUT2D eigenvalue weighted by molar-refractivity contribution is 0.121. The predicted octanol–water partition coefficient (Wildman–Crippen LogP) is 4.53. The molecule has 0 radical (unpaired) electrons. The molecule has 0 unspecified atom stereocenters. The number of piperidine rings is 1. The first kappa shape index (κ1) is 21.8. The summed E-state index contributed by atoms with van der Waals surface area (Å²) in [6.07, 6.45) is 1.93. The first-order valence-corrected chi connectivity index (χ1v) is 11.2. The fourth-order valence-electron chi connectivity index (χ4n) is 4.42. The Bertz CT molecular complexity index is 1410. The lowest BCUT2D eigenvalue weighted by Gasteiger charge is -2.31. The maximum absolute atomic E-state index is 13.7. The van der Waals surface area contributed by atoms with Gasteiger partial charge in [-0.2, -0.15) is 0 Å². The van der Waals surface area contributed by atoms with Crippen LogP contribution in [0.4, 0.5) is 10.6 Å². The molecule has 1 atom stereocenters. The standard InChI is InChI=1S/C24H22ClN5O4/c25-15-3-7-18(8-4-15)34-19-9-5-16(6-10-19)30-21-20(11-12-27-22(21)26)29(23(30)31)17-2-1-13-28(14-17)24(32)33/h3-12,17H,1-2,13-14H2,(H2,26,27)(H,32,33)/t17-/m1/s1. The van der Waals surface area contributed by atoms with Crippen LogP contribution in [-0.2, 0) is 0 Å². The van der Waals surface area contributed by atoms with Crippen molar-refractivity contribution in [1.82, 2.24) is 19.0 Å². The SMILES string of the molecule is Nc1nccc2c1n(-c1ccc(Oc3ccc(Cl)cc3)cc1)c(=O)n2[C@@H]1CCCN(C(=O)O)C1. The van der Waals surface area contributed by atoms with Crippen LogP contribution in [0.3, 0.4) is 0 Å². The maximum Gasteiger partial charge on any atom is 0.407 e. The molecule has 0 spiro atoms. The first-order valence-electron chi connectivity index (χ1n) is 10.8. The number of benzene rings is 2. The van der Waals surface area contributed by atoms with Gasteiger partial charge in [0.15, 0.2) is 0 Å². The van der Waals surface area contributed by atoms with E-state index in [4.69, 9.17) is 22.1 Å². The number of aromatic nitrogens is 3. The number of amides is 1. The number of imidazole rings is 1. The summed E-state index contributed by atoms with van der Waals surface area (Å²) in [7, 11) is 0. The highest BCUT2D eigenvalue weighted by Gasteiger charge is 2.29. The maximum atomic E-state index is 13.7. The molecule has 9 nitrogen and oxygen atoms in total. The van der Waals surface area contributed by atoms with Crippen LogP contribution in [0.15, 0.2) is 65.6 Å². The molecule has 0 saturated carbocycles. The topological polar surface area (TPSA) is 116 Å². The summed E-state index contributed by atoms with van der Waals surface area (Å²) in [4.78, 5) is 30.7. The molecule has 3 N–H and O–H groups in total. The zero-order chi connectivity index (χ0) is 23.8. The minimum Gasteiger partial charge on any atom is -0.465 e. The van der Waals surface area contributed by atoms with E-state index in [1.165, 1.54) is 9.47 Å². The minimum absolute atomic E-state index is 0.223. The summed E-state index contributed by atoms with van der Waals surface area (Å²) < 4.78 is 9.01. The van der Waals surface area contributed by atoms with Gasteiger partial charge in [-0.25, -0.2) is 14.6 Å². The summed E-state index contributed by atoms with van der Waals surface area (Å²) in [6.45, 7) is 0.697. The number of likely N-dealkylation sites (tertiary alicyclic amines) is 1. The van der Waals surface area contributed by atoms with E-state index in [0.29, 0.717) is 52.6 Å². The average molecular weight is 480 g/mol. The molecule has 34 heavy (non-hydrogen) atoms. The van der Waals surface area contributed by atoms with Crippen molar-refractivity contribution in [2.24, 2.45) is 0 Å². The number of rotatable bonds is 4. The number of nitrogen functional groups attached to an aromatic ring is 1. The third-order valence-corrected chi connectivity index (χ3v) is 6.24. The largest absolute Gasteiger partial charge is 0.465 e. The van der Waals surface area contributed by atoms with Crippen molar-refractivity contribution in [3.63, 3.8) is 0 Å². The first-order chi connectivity index (χ1) is 16.4. The Labute approximate surface area is 199 Å². The molecular formula is C24H22ClN5O4. The van der Waals surface area contributed by atoms with Gasteiger partial charge in [0.2, 0.25) is 0 Å². The second-order valence-electron chi connectivity index (χ2n) is 8.13. The predicted molar refractivity (Wildman–Crippen MR) is 129 cm³/mol. The highest BCUT2D eigenvalue weighted by Crippen LogP contribution is 2.29. The van der Waals surface area contributed by atoms with E-state index in [-0.39, 0.29) is 24.1 Å². The molecule has 174 valence electrons. The van der Waals surface area contributed by atoms with Crippen LogP contribution in [0.2, 0.25) is 5.02 Å². The van der Waals surface area contributed by atoms with Crippen LogP contribution in [-0.4, -0.2) is 43.3 Å². The smallest absolute Gasteiger partial charge is 0.407 e.